The number of fused-ring (bicyclic) bond motifs is 1. The van der Waals surface area contributed by atoms with E-state index in [2.05, 4.69) is 11.8 Å². The molecule has 2 amide bonds. The van der Waals surface area contributed by atoms with E-state index in [9.17, 15) is 9.59 Å². The zero-order chi connectivity index (χ0) is 21.7. The molecule has 4 rings (SSSR count). The fourth-order valence-corrected chi connectivity index (χ4v) is 3.90. The summed E-state index contributed by atoms with van der Waals surface area (Å²) in [5.74, 6) is 5.97. The molecule has 0 bridgehead atoms. The topological polar surface area (TPSA) is 63.4 Å². The van der Waals surface area contributed by atoms with Gasteiger partial charge in [0.2, 0.25) is 12.3 Å². The normalized spacial score (nSPS) is 17.0. The van der Waals surface area contributed by atoms with Gasteiger partial charge in [-0.25, -0.2) is 0 Å². The number of carbonyl (C=O) groups excluding carboxylic acids is 2. The number of rotatable bonds is 5. The number of nitrogens with two attached hydrogens (primary N) is 1. The van der Waals surface area contributed by atoms with Crippen LogP contribution in [0, 0.1) is 11.8 Å². The van der Waals surface area contributed by atoms with Gasteiger partial charge in [0.05, 0.1) is 5.69 Å². The Labute approximate surface area is 182 Å². The predicted molar refractivity (Wildman–Crippen MR) is 123 cm³/mol. The second-order valence-corrected chi connectivity index (χ2v) is 7.44. The van der Waals surface area contributed by atoms with Crippen LogP contribution < -0.4 is 10.6 Å². The van der Waals surface area contributed by atoms with Gasteiger partial charge in [-0.05, 0) is 42.7 Å². The second kappa shape index (κ2) is 8.73. The summed E-state index contributed by atoms with van der Waals surface area (Å²) in [7, 11) is 0. The maximum Gasteiger partial charge on any atom is 0.249 e. The molecule has 0 saturated carbocycles. The van der Waals surface area contributed by atoms with Crippen molar-refractivity contribution in [3.63, 3.8) is 0 Å². The van der Waals surface area contributed by atoms with Crippen LogP contribution in [0.25, 0.3) is 5.57 Å². The molecular formula is C27H22N2O2. The molecule has 1 heterocycles. The lowest BCUT2D eigenvalue weighted by Gasteiger charge is -2.40. The molecule has 152 valence electrons. The van der Waals surface area contributed by atoms with Gasteiger partial charge in [0.1, 0.15) is 5.54 Å². The summed E-state index contributed by atoms with van der Waals surface area (Å²) in [6.07, 6.45) is 3.74. The summed E-state index contributed by atoms with van der Waals surface area (Å²) in [4.78, 5) is 26.3. The summed E-state index contributed by atoms with van der Waals surface area (Å²) in [5.41, 5.74) is 8.34. The van der Waals surface area contributed by atoms with E-state index in [0.717, 1.165) is 17.5 Å². The molecule has 1 aliphatic rings. The number of anilines is 1. The molecule has 3 aromatic rings. The van der Waals surface area contributed by atoms with Crippen LogP contribution in [0.15, 0.2) is 91.0 Å². The van der Waals surface area contributed by atoms with Gasteiger partial charge in [-0.15, -0.1) is 0 Å². The van der Waals surface area contributed by atoms with E-state index in [-0.39, 0.29) is 0 Å². The van der Waals surface area contributed by atoms with E-state index in [1.807, 2.05) is 78.9 Å². The lowest BCUT2D eigenvalue weighted by Crippen LogP contribution is -2.49. The van der Waals surface area contributed by atoms with Crippen LogP contribution >= 0.6 is 0 Å². The standard InChI is InChI=1S/C27H22N2O2/c28-26(31)24-19-27(17-15-21-9-3-1-4-10-21,18-16-22-11-5-2-6-12-22)29(20-30)25-14-8-7-13-23(24)25/h1-14,19-20H,15,17H2,(H2,28,31). The largest absolute Gasteiger partial charge is 0.366 e. The van der Waals surface area contributed by atoms with Crippen molar-refractivity contribution in [2.75, 3.05) is 4.90 Å². The first kappa shape index (κ1) is 20.2. The molecule has 1 aliphatic heterocycles. The summed E-state index contributed by atoms with van der Waals surface area (Å²) in [6, 6.07) is 26.9. The van der Waals surface area contributed by atoms with Crippen LogP contribution in [0.4, 0.5) is 5.69 Å². The molecule has 0 saturated heterocycles. The third kappa shape index (κ3) is 4.12. The van der Waals surface area contributed by atoms with E-state index < -0.39 is 11.4 Å². The highest BCUT2D eigenvalue weighted by Gasteiger charge is 2.40. The van der Waals surface area contributed by atoms with Crippen molar-refractivity contribution in [2.24, 2.45) is 5.73 Å². The average molecular weight is 406 g/mol. The van der Waals surface area contributed by atoms with Crippen LogP contribution in [0.5, 0.6) is 0 Å². The number of hydrogen-bond donors (Lipinski definition) is 1. The van der Waals surface area contributed by atoms with Crippen molar-refractivity contribution >= 4 is 23.6 Å². The van der Waals surface area contributed by atoms with Gasteiger partial charge in [0.25, 0.3) is 0 Å². The number of amides is 2. The number of nitrogens with zero attached hydrogens (tertiary/aromatic N) is 1. The number of benzene rings is 3. The smallest absolute Gasteiger partial charge is 0.249 e. The minimum absolute atomic E-state index is 0.379. The van der Waals surface area contributed by atoms with Crippen LogP contribution in [0.1, 0.15) is 23.1 Å². The van der Waals surface area contributed by atoms with E-state index in [4.69, 9.17) is 5.73 Å². The van der Waals surface area contributed by atoms with Gasteiger partial charge >= 0.3 is 0 Å². The molecule has 0 fully saturated rings. The Kier molecular flexibility index (Phi) is 5.68. The maximum atomic E-state index is 12.4. The summed E-state index contributed by atoms with van der Waals surface area (Å²) in [5, 5.41) is 0. The van der Waals surface area contributed by atoms with Gasteiger partial charge in [-0.1, -0.05) is 78.6 Å². The van der Waals surface area contributed by atoms with Crippen LogP contribution in [-0.2, 0) is 16.0 Å². The van der Waals surface area contributed by atoms with E-state index >= 15 is 0 Å². The van der Waals surface area contributed by atoms with Crippen molar-refractivity contribution in [1.82, 2.24) is 0 Å². The Morgan fingerprint density at radius 2 is 1.58 bits per heavy atom. The highest BCUT2D eigenvalue weighted by Crippen LogP contribution is 2.40. The highest BCUT2D eigenvalue weighted by molar-refractivity contribution is 6.22. The van der Waals surface area contributed by atoms with Crippen molar-refractivity contribution < 1.29 is 9.59 Å². The maximum absolute atomic E-state index is 12.4. The molecule has 1 atom stereocenters. The fourth-order valence-electron chi connectivity index (χ4n) is 3.90. The van der Waals surface area contributed by atoms with Gasteiger partial charge < -0.3 is 5.73 Å². The minimum atomic E-state index is -1.01. The molecule has 3 aromatic carbocycles. The minimum Gasteiger partial charge on any atom is -0.366 e. The number of carbonyl (C=O) groups is 2. The molecular weight excluding hydrogens is 384 g/mol. The van der Waals surface area contributed by atoms with Gasteiger partial charge in [0, 0.05) is 16.7 Å². The third-order valence-electron chi connectivity index (χ3n) is 5.47. The van der Waals surface area contributed by atoms with Gasteiger partial charge in [-0.3, -0.25) is 14.5 Å². The van der Waals surface area contributed by atoms with E-state index in [1.165, 1.54) is 0 Å². The lowest BCUT2D eigenvalue weighted by atomic mass is 9.81. The Bertz CT molecular complexity index is 1190. The van der Waals surface area contributed by atoms with Crippen molar-refractivity contribution in [2.45, 2.75) is 18.4 Å². The first-order valence-electron chi connectivity index (χ1n) is 10.1. The fraction of sp³-hybridized carbons (Fsp3) is 0.111. The average Bonchev–Trinajstić information content (AvgIpc) is 2.82. The number of para-hydroxylation sites is 1. The molecule has 0 spiro atoms. The van der Waals surface area contributed by atoms with Crippen molar-refractivity contribution in [3.05, 3.63) is 108 Å². The number of aryl methyl sites for hydroxylation is 1. The summed E-state index contributed by atoms with van der Waals surface area (Å²) in [6.45, 7) is 0. The Morgan fingerprint density at radius 3 is 2.26 bits per heavy atom. The predicted octanol–water partition coefficient (Wildman–Crippen LogP) is 3.96. The van der Waals surface area contributed by atoms with E-state index in [1.54, 1.807) is 17.0 Å². The first-order chi connectivity index (χ1) is 15.1. The zero-order valence-electron chi connectivity index (χ0n) is 17.0. The first-order valence-corrected chi connectivity index (χ1v) is 10.1. The van der Waals surface area contributed by atoms with Crippen LogP contribution in [0.2, 0.25) is 0 Å². The molecule has 0 aromatic heterocycles. The number of primary amides is 1. The third-order valence-corrected chi connectivity index (χ3v) is 5.47. The Morgan fingerprint density at radius 1 is 0.935 bits per heavy atom. The molecule has 1 unspecified atom stereocenters. The van der Waals surface area contributed by atoms with Crippen LogP contribution in [-0.4, -0.2) is 17.9 Å². The van der Waals surface area contributed by atoms with E-state index in [0.29, 0.717) is 29.7 Å². The highest BCUT2D eigenvalue weighted by atomic mass is 16.1. The molecule has 4 nitrogen and oxygen atoms in total. The molecule has 4 heteroatoms. The van der Waals surface area contributed by atoms with Gasteiger partial charge in [-0.2, -0.15) is 0 Å². The number of hydrogen-bond acceptors (Lipinski definition) is 2. The Hall–Kier alpha value is -4.10. The zero-order valence-corrected chi connectivity index (χ0v) is 17.0. The lowest BCUT2D eigenvalue weighted by molar-refractivity contribution is -0.113. The summed E-state index contributed by atoms with van der Waals surface area (Å²) >= 11 is 0. The van der Waals surface area contributed by atoms with Crippen molar-refractivity contribution in [3.8, 4) is 11.8 Å². The summed E-state index contributed by atoms with van der Waals surface area (Å²) < 4.78 is 0. The monoisotopic (exact) mass is 406 g/mol. The van der Waals surface area contributed by atoms with Crippen molar-refractivity contribution in [1.29, 1.82) is 0 Å². The second-order valence-electron chi connectivity index (χ2n) is 7.44. The molecule has 0 radical (unpaired) electrons. The molecule has 2 N–H and O–H groups in total. The molecule has 31 heavy (non-hydrogen) atoms. The van der Waals surface area contributed by atoms with Gasteiger partial charge in [0.15, 0.2) is 0 Å². The van der Waals surface area contributed by atoms with Crippen LogP contribution in [0.3, 0.4) is 0 Å². The molecule has 0 aliphatic carbocycles. The SMILES string of the molecule is NC(=O)C1=CC(C#Cc2ccccc2)(CCc2ccccc2)N(C=O)c2ccccc21. The quantitative estimate of drug-likeness (QED) is 0.515. The Balaban J connectivity index is 1.87.